The molecule has 0 saturated heterocycles. The number of aryl methyl sites for hydroxylation is 1. The number of halogens is 1. The Morgan fingerprint density at radius 3 is 2.77 bits per heavy atom. The van der Waals surface area contributed by atoms with E-state index >= 15 is 4.39 Å². The molecule has 30 heavy (non-hydrogen) atoms. The third kappa shape index (κ3) is 2.10. The Kier molecular flexibility index (Phi) is 3.17. The molecule has 1 unspecified atom stereocenters. The fourth-order valence-corrected chi connectivity index (χ4v) is 3.62. The molecule has 11 heteroatoms. The SMILES string of the molecule is Cc1ccc(-c2noc(-c3nnc4n3C3=CN(C#N)C(F)N3c3ccccc3-4)n2)o1. The van der Waals surface area contributed by atoms with Crippen molar-refractivity contribution in [2.24, 2.45) is 0 Å². The van der Waals surface area contributed by atoms with Gasteiger partial charge in [0.25, 0.3) is 12.3 Å². The van der Waals surface area contributed by atoms with Gasteiger partial charge in [0.1, 0.15) is 11.6 Å². The first-order chi connectivity index (χ1) is 14.7. The van der Waals surface area contributed by atoms with E-state index in [1.165, 1.54) is 11.1 Å². The second kappa shape index (κ2) is 5.77. The van der Waals surface area contributed by atoms with Crippen LogP contribution in [-0.2, 0) is 0 Å². The van der Waals surface area contributed by atoms with Crippen LogP contribution in [0.15, 0.2) is 51.5 Å². The zero-order valence-electron chi connectivity index (χ0n) is 15.4. The normalized spacial score (nSPS) is 16.7. The molecule has 5 heterocycles. The molecule has 0 N–H and O–H groups in total. The van der Waals surface area contributed by atoms with Crippen molar-refractivity contribution < 1.29 is 13.3 Å². The summed E-state index contributed by atoms with van der Waals surface area (Å²) in [6.07, 6.45) is 1.53. The summed E-state index contributed by atoms with van der Waals surface area (Å²) in [6, 6.07) is 10.7. The fraction of sp³-hybridized carbons (Fsp3) is 0.105. The van der Waals surface area contributed by atoms with Gasteiger partial charge in [-0.3, -0.25) is 9.47 Å². The maximum atomic E-state index is 15.0. The topological polar surface area (TPSA) is 113 Å². The fourth-order valence-electron chi connectivity index (χ4n) is 3.62. The van der Waals surface area contributed by atoms with Crippen molar-refractivity contribution in [3.8, 4) is 40.9 Å². The van der Waals surface area contributed by atoms with Crippen molar-refractivity contribution in [2.45, 2.75) is 13.3 Å². The van der Waals surface area contributed by atoms with E-state index in [1.807, 2.05) is 25.2 Å². The van der Waals surface area contributed by atoms with Gasteiger partial charge < -0.3 is 8.94 Å². The van der Waals surface area contributed by atoms with Gasteiger partial charge in [-0.25, -0.2) is 4.90 Å². The van der Waals surface area contributed by atoms with Gasteiger partial charge in [0.05, 0.1) is 11.9 Å². The molecule has 6 rings (SSSR count). The number of aromatic nitrogens is 5. The lowest BCUT2D eigenvalue weighted by atomic mass is 10.1. The number of nitriles is 1. The predicted octanol–water partition coefficient (Wildman–Crippen LogP) is 3.19. The number of rotatable bonds is 2. The summed E-state index contributed by atoms with van der Waals surface area (Å²) in [5.74, 6) is 2.58. The summed E-state index contributed by atoms with van der Waals surface area (Å²) in [7, 11) is 0. The number of alkyl halides is 1. The molecule has 10 nitrogen and oxygen atoms in total. The molecule has 0 aliphatic carbocycles. The summed E-state index contributed by atoms with van der Waals surface area (Å²) in [4.78, 5) is 6.67. The van der Waals surface area contributed by atoms with E-state index in [-0.39, 0.29) is 17.5 Å². The number of para-hydroxylation sites is 1. The third-order valence-electron chi connectivity index (χ3n) is 4.93. The van der Waals surface area contributed by atoms with Crippen molar-refractivity contribution >= 4 is 11.5 Å². The molecule has 0 bridgehead atoms. The molecular weight excluding hydrogens is 391 g/mol. The molecular formula is C19H11FN8O2. The lowest BCUT2D eigenvalue weighted by Gasteiger charge is -2.31. The molecule has 0 saturated carbocycles. The molecule has 3 aromatic heterocycles. The van der Waals surface area contributed by atoms with Crippen LogP contribution >= 0.6 is 0 Å². The summed E-state index contributed by atoms with van der Waals surface area (Å²) < 4.78 is 27.5. The minimum absolute atomic E-state index is 0.0869. The Morgan fingerprint density at radius 2 is 1.97 bits per heavy atom. The molecule has 2 aliphatic rings. The smallest absolute Gasteiger partial charge is 0.296 e. The van der Waals surface area contributed by atoms with Crippen LogP contribution in [0.4, 0.5) is 10.1 Å². The number of hydrogen-bond donors (Lipinski definition) is 0. The third-order valence-corrected chi connectivity index (χ3v) is 4.93. The standard InChI is InChI=1S/C19H11FN8O2/c1-10-6-7-13(29-10)15-22-18(30-25-15)17-24-23-16-11-4-2-3-5-12(11)27-14(28(16)17)8-26(9-21)19(27)20/h2-8,19H,1H3. The second-order valence-electron chi connectivity index (χ2n) is 6.71. The molecule has 146 valence electrons. The van der Waals surface area contributed by atoms with Crippen LogP contribution in [0.5, 0.6) is 0 Å². The Balaban J connectivity index is 1.54. The van der Waals surface area contributed by atoms with Crippen molar-refractivity contribution in [3.05, 3.63) is 48.4 Å². The van der Waals surface area contributed by atoms with E-state index in [0.29, 0.717) is 34.4 Å². The van der Waals surface area contributed by atoms with Crippen LogP contribution < -0.4 is 4.90 Å². The number of anilines is 1. The van der Waals surface area contributed by atoms with Gasteiger partial charge in [0.2, 0.25) is 11.6 Å². The van der Waals surface area contributed by atoms with Crippen LogP contribution in [0, 0.1) is 18.4 Å². The van der Waals surface area contributed by atoms with Gasteiger partial charge in [-0.1, -0.05) is 17.3 Å². The number of furan rings is 1. The Morgan fingerprint density at radius 1 is 1.13 bits per heavy atom. The highest BCUT2D eigenvalue weighted by molar-refractivity contribution is 5.90. The van der Waals surface area contributed by atoms with E-state index in [9.17, 15) is 5.26 Å². The predicted molar refractivity (Wildman–Crippen MR) is 100 cm³/mol. The largest absolute Gasteiger partial charge is 0.458 e. The Bertz CT molecular complexity index is 1380. The van der Waals surface area contributed by atoms with Crippen molar-refractivity contribution in [3.63, 3.8) is 0 Å². The minimum Gasteiger partial charge on any atom is -0.458 e. The average Bonchev–Trinajstić information content (AvgIpc) is 3.53. The first-order valence-corrected chi connectivity index (χ1v) is 8.95. The van der Waals surface area contributed by atoms with Crippen molar-refractivity contribution in [2.75, 3.05) is 4.90 Å². The average molecular weight is 402 g/mol. The number of fused-ring (bicyclic) bond motifs is 6. The lowest BCUT2D eigenvalue weighted by molar-refractivity contribution is 0.209. The molecule has 1 aromatic carbocycles. The number of hydrogen-bond acceptors (Lipinski definition) is 9. The van der Waals surface area contributed by atoms with Crippen molar-refractivity contribution in [1.29, 1.82) is 5.26 Å². The molecule has 0 fully saturated rings. The summed E-state index contributed by atoms with van der Waals surface area (Å²) in [6.45, 7) is 1.81. The molecule has 2 aliphatic heterocycles. The zero-order valence-corrected chi connectivity index (χ0v) is 15.4. The summed E-state index contributed by atoms with van der Waals surface area (Å²) >= 11 is 0. The molecule has 0 spiro atoms. The molecule has 0 radical (unpaired) electrons. The number of nitrogens with zero attached hydrogens (tertiary/aromatic N) is 8. The molecule has 0 amide bonds. The van der Waals surface area contributed by atoms with Gasteiger partial charge in [-0.05, 0) is 31.2 Å². The van der Waals surface area contributed by atoms with Gasteiger partial charge in [0.15, 0.2) is 17.8 Å². The highest BCUT2D eigenvalue weighted by Crippen LogP contribution is 2.45. The van der Waals surface area contributed by atoms with Gasteiger partial charge in [-0.15, -0.1) is 10.2 Å². The van der Waals surface area contributed by atoms with Crippen LogP contribution in [-0.4, -0.2) is 36.2 Å². The van der Waals surface area contributed by atoms with Crippen LogP contribution in [0.3, 0.4) is 0 Å². The van der Waals surface area contributed by atoms with E-state index < -0.39 is 6.42 Å². The Labute approximate surface area is 168 Å². The zero-order chi connectivity index (χ0) is 20.4. The summed E-state index contributed by atoms with van der Waals surface area (Å²) in [5, 5.41) is 21.7. The quantitative estimate of drug-likeness (QED) is 0.368. The maximum Gasteiger partial charge on any atom is 0.296 e. The summed E-state index contributed by atoms with van der Waals surface area (Å²) in [5.41, 5.74) is 1.25. The molecule has 4 aromatic rings. The highest BCUT2D eigenvalue weighted by atomic mass is 19.1. The first kappa shape index (κ1) is 16.5. The van der Waals surface area contributed by atoms with E-state index in [1.54, 1.807) is 28.8 Å². The van der Waals surface area contributed by atoms with Gasteiger partial charge in [-0.2, -0.15) is 14.6 Å². The first-order valence-electron chi connectivity index (χ1n) is 8.95. The van der Waals surface area contributed by atoms with E-state index in [2.05, 4.69) is 20.3 Å². The monoisotopic (exact) mass is 402 g/mol. The minimum atomic E-state index is -1.70. The van der Waals surface area contributed by atoms with Crippen LogP contribution in [0.1, 0.15) is 5.76 Å². The van der Waals surface area contributed by atoms with E-state index in [0.717, 1.165) is 4.90 Å². The van der Waals surface area contributed by atoms with E-state index in [4.69, 9.17) is 8.94 Å². The van der Waals surface area contributed by atoms with Gasteiger partial charge >= 0.3 is 0 Å². The number of benzene rings is 1. The van der Waals surface area contributed by atoms with Gasteiger partial charge in [0, 0.05) is 5.56 Å². The Hall–Kier alpha value is -4.46. The van der Waals surface area contributed by atoms with Crippen molar-refractivity contribution in [1.82, 2.24) is 29.8 Å². The second-order valence-corrected chi connectivity index (χ2v) is 6.71. The van der Waals surface area contributed by atoms with Crippen LogP contribution in [0.25, 0.3) is 40.5 Å². The maximum absolute atomic E-state index is 15.0. The highest BCUT2D eigenvalue weighted by Gasteiger charge is 2.42. The molecule has 1 atom stereocenters. The lowest BCUT2D eigenvalue weighted by Crippen LogP contribution is -2.36. The van der Waals surface area contributed by atoms with Crippen LogP contribution in [0.2, 0.25) is 0 Å².